The van der Waals surface area contributed by atoms with Gasteiger partial charge in [0.15, 0.2) is 11.9 Å². The van der Waals surface area contributed by atoms with Crippen molar-refractivity contribution in [3.8, 4) is 5.75 Å². The summed E-state index contributed by atoms with van der Waals surface area (Å²) in [5.74, 6) is -0.182. The quantitative estimate of drug-likeness (QED) is 0.813. The van der Waals surface area contributed by atoms with E-state index in [9.17, 15) is 9.59 Å². The summed E-state index contributed by atoms with van der Waals surface area (Å²) < 4.78 is 5.47. The Bertz CT molecular complexity index is 487. The van der Waals surface area contributed by atoms with Gasteiger partial charge in [0, 0.05) is 0 Å². The number of carboxylic acid groups (broad SMARTS) is 1. The molecule has 1 fully saturated rings. The summed E-state index contributed by atoms with van der Waals surface area (Å²) in [6.45, 7) is 2.93. The van der Waals surface area contributed by atoms with Crippen LogP contribution in [-0.2, 0) is 4.79 Å². The average molecular weight is 248 g/mol. The molecule has 1 saturated carbocycles. The molecule has 4 heteroatoms. The molecule has 0 spiro atoms. The van der Waals surface area contributed by atoms with Crippen LogP contribution in [0.4, 0.5) is 0 Å². The van der Waals surface area contributed by atoms with Crippen molar-refractivity contribution in [2.45, 2.75) is 38.2 Å². The molecule has 1 aromatic rings. The van der Waals surface area contributed by atoms with Crippen LogP contribution in [0, 0.1) is 0 Å². The molecule has 0 atom stereocenters. The smallest absolute Gasteiger partial charge is 0.347 e. The van der Waals surface area contributed by atoms with E-state index in [0.717, 1.165) is 18.4 Å². The Morgan fingerprint density at radius 2 is 2.11 bits per heavy atom. The van der Waals surface area contributed by atoms with E-state index < -0.39 is 11.6 Å². The number of carbonyl (C=O) groups excluding carboxylic acids is 1. The normalized spacial score (nSPS) is 15.2. The van der Waals surface area contributed by atoms with Crippen LogP contribution >= 0.6 is 0 Å². The van der Waals surface area contributed by atoms with Gasteiger partial charge in [-0.15, -0.1) is 0 Å². The average Bonchev–Trinajstić information content (AvgIpc) is 3.12. The minimum absolute atomic E-state index is 0.349. The highest BCUT2D eigenvalue weighted by molar-refractivity contribution is 5.81. The molecule has 1 N–H and O–H groups in total. The fourth-order valence-corrected chi connectivity index (χ4v) is 1.73. The minimum Gasteiger partial charge on any atom is -0.478 e. The first-order valence-electron chi connectivity index (χ1n) is 5.95. The maximum Gasteiger partial charge on any atom is 0.347 e. The lowest BCUT2D eigenvalue weighted by Crippen LogP contribution is -2.38. The van der Waals surface area contributed by atoms with Gasteiger partial charge in [0.25, 0.3) is 0 Å². The monoisotopic (exact) mass is 248 g/mol. The van der Waals surface area contributed by atoms with Gasteiger partial charge in [-0.25, -0.2) is 4.79 Å². The van der Waals surface area contributed by atoms with E-state index in [1.165, 1.54) is 13.8 Å². The molecule has 0 saturated heterocycles. The molecule has 0 heterocycles. The molecule has 18 heavy (non-hydrogen) atoms. The Morgan fingerprint density at radius 1 is 1.44 bits per heavy atom. The maximum absolute atomic E-state index is 11.0. The summed E-state index contributed by atoms with van der Waals surface area (Å²) in [6.07, 6.45) is 2.97. The molecule has 0 amide bonds. The van der Waals surface area contributed by atoms with Crippen molar-refractivity contribution in [2.75, 3.05) is 0 Å². The molecular weight excluding hydrogens is 232 g/mol. The number of hydrogen-bond donors (Lipinski definition) is 1. The second-order valence-corrected chi connectivity index (χ2v) is 5.11. The van der Waals surface area contributed by atoms with Gasteiger partial charge < -0.3 is 9.84 Å². The zero-order valence-corrected chi connectivity index (χ0v) is 10.5. The molecule has 0 bridgehead atoms. The van der Waals surface area contributed by atoms with Crippen LogP contribution in [0.25, 0.3) is 0 Å². The Hall–Kier alpha value is -1.84. The van der Waals surface area contributed by atoms with Crippen molar-refractivity contribution in [2.24, 2.45) is 0 Å². The molecule has 2 rings (SSSR count). The summed E-state index contributed by atoms with van der Waals surface area (Å²) in [5.41, 5.74) is 0.144. The van der Waals surface area contributed by atoms with E-state index in [4.69, 9.17) is 9.84 Å². The topological polar surface area (TPSA) is 63.6 Å². The lowest BCUT2D eigenvalue weighted by molar-refractivity contribution is -0.152. The van der Waals surface area contributed by atoms with E-state index in [1.807, 2.05) is 6.07 Å². The third-order valence-electron chi connectivity index (χ3n) is 3.09. The lowest BCUT2D eigenvalue weighted by atomic mass is 10.1. The third-order valence-corrected chi connectivity index (χ3v) is 3.09. The minimum atomic E-state index is -1.35. The van der Waals surface area contributed by atoms with Gasteiger partial charge in [-0.1, -0.05) is 6.07 Å². The fourth-order valence-electron chi connectivity index (χ4n) is 1.73. The van der Waals surface area contributed by atoms with Crippen LogP contribution in [0.15, 0.2) is 18.2 Å². The first-order valence-corrected chi connectivity index (χ1v) is 5.95. The second kappa shape index (κ2) is 4.44. The highest BCUT2D eigenvalue weighted by Gasteiger charge is 2.31. The van der Waals surface area contributed by atoms with E-state index >= 15 is 0 Å². The molecule has 4 nitrogen and oxygen atoms in total. The Morgan fingerprint density at radius 3 is 2.61 bits per heavy atom. The molecule has 1 aliphatic rings. The molecule has 0 unspecified atom stereocenters. The van der Waals surface area contributed by atoms with Crippen LogP contribution in [0.3, 0.4) is 0 Å². The van der Waals surface area contributed by atoms with E-state index in [1.54, 1.807) is 12.1 Å². The highest BCUT2D eigenvalue weighted by atomic mass is 16.5. The van der Waals surface area contributed by atoms with Crippen molar-refractivity contribution in [3.05, 3.63) is 29.3 Å². The Kier molecular flexibility index (Phi) is 3.11. The number of carboxylic acids is 1. The summed E-state index contributed by atoms with van der Waals surface area (Å²) in [7, 11) is 0. The number of aldehydes is 1. The number of benzene rings is 1. The van der Waals surface area contributed by atoms with Crippen LogP contribution in [-0.4, -0.2) is 23.0 Å². The van der Waals surface area contributed by atoms with Crippen LogP contribution in [0.5, 0.6) is 5.75 Å². The molecule has 0 radical (unpaired) electrons. The zero-order valence-electron chi connectivity index (χ0n) is 10.5. The highest BCUT2D eigenvalue weighted by Crippen LogP contribution is 2.41. The summed E-state index contributed by atoms with van der Waals surface area (Å²) in [6, 6.07) is 5.38. The number of carbonyl (C=O) groups is 2. The molecule has 0 aliphatic heterocycles. The lowest BCUT2D eigenvalue weighted by Gasteiger charge is -2.22. The summed E-state index contributed by atoms with van der Waals surface area (Å²) >= 11 is 0. The van der Waals surface area contributed by atoms with Crippen molar-refractivity contribution < 1.29 is 19.4 Å². The molecule has 1 aromatic carbocycles. The van der Waals surface area contributed by atoms with Gasteiger partial charge in [0.1, 0.15) is 5.75 Å². The van der Waals surface area contributed by atoms with E-state index in [-0.39, 0.29) is 0 Å². The Labute approximate surface area is 106 Å². The molecule has 0 aromatic heterocycles. The van der Waals surface area contributed by atoms with Gasteiger partial charge in [-0.2, -0.15) is 0 Å². The van der Waals surface area contributed by atoms with Crippen LogP contribution in [0.2, 0.25) is 0 Å². The predicted molar refractivity (Wildman–Crippen MR) is 66.1 cm³/mol. The van der Waals surface area contributed by atoms with Crippen LogP contribution < -0.4 is 4.74 Å². The Balaban J connectivity index is 2.32. The van der Waals surface area contributed by atoms with Crippen molar-refractivity contribution in [3.63, 3.8) is 0 Å². The summed E-state index contributed by atoms with van der Waals surface area (Å²) in [5, 5.41) is 9.04. The summed E-state index contributed by atoms with van der Waals surface area (Å²) in [4.78, 5) is 22.0. The fraction of sp³-hybridized carbons (Fsp3) is 0.429. The standard InChI is InChI=1S/C14H16O4/c1-14(2,13(16)17)18-12-7-10(9-3-4-9)5-6-11(12)8-15/h5-9H,3-4H2,1-2H3,(H,16,17). The van der Waals surface area contributed by atoms with Gasteiger partial charge in [0.2, 0.25) is 0 Å². The number of hydrogen-bond acceptors (Lipinski definition) is 3. The van der Waals surface area contributed by atoms with Gasteiger partial charge >= 0.3 is 5.97 Å². The second-order valence-electron chi connectivity index (χ2n) is 5.11. The van der Waals surface area contributed by atoms with Crippen molar-refractivity contribution >= 4 is 12.3 Å². The maximum atomic E-state index is 11.0. The van der Waals surface area contributed by atoms with E-state index in [0.29, 0.717) is 23.5 Å². The van der Waals surface area contributed by atoms with Gasteiger partial charge in [-0.3, -0.25) is 4.79 Å². The first-order chi connectivity index (χ1) is 8.44. The largest absolute Gasteiger partial charge is 0.478 e. The third kappa shape index (κ3) is 2.53. The number of ether oxygens (including phenoxy) is 1. The predicted octanol–water partition coefficient (Wildman–Crippen LogP) is 2.62. The first kappa shape index (κ1) is 12.6. The SMILES string of the molecule is CC(C)(Oc1cc(C2CC2)ccc1C=O)C(=O)O. The molecular formula is C14H16O4. The zero-order chi connectivity index (χ0) is 13.3. The van der Waals surface area contributed by atoms with E-state index in [2.05, 4.69) is 0 Å². The number of rotatable bonds is 5. The number of aliphatic carboxylic acids is 1. The van der Waals surface area contributed by atoms with Crippen molar-refractivity contribution in [1.29, 1.82) is 0 Å². The van der Waals surface area contributed by atoms with Crippen LogP contribution in [0.1, 0.15) is 48.5 Å². The van der Waals surface area contributed by atoms with Gasteiger partial charge in [0.05, 0.1) is 5.56 Å². The van der Waals surface area contributed by atoms with Crippen molar-refractivity contribution in [1.82, 2.24) is 0 Å². The molecule has 96 valence electrons. The molecule has 1 aliphatic carbocycles. The van der Waals surface area contributed by atoms with Gasteiger partial charge in [-0.05, 0) is 50.3 Å².